The Morgan fingerprint density at radius 3 is 1.90 bits per heavy atom. The van der Waals surface area contributed by atoms with E-state index in [2.05, 4.69) is 26.1 Å². The molecule has 2 saturated carbocycles. The summed E-state index contributed by atoms with van der Waals surface area (Å²) < 4.78 is 0. The van der Waals surface area contributed by atoms with Gasteiger partial charge in [-0.05, 0) is 57.9 Å². The molecule has 0 radical (unpaired) electrons. The Kier molecular flexibility index (Phi) is 6.39. The summed E-state index contributed by atoms with van der Waals surface area (Å²) in [4.78, 5) is 0. The van der Waals surface area contributed by atoms with Gasteiger partial charge in [0.05, 0.1) is 0 Å². The molecule has 20 heavy (non-hydrogen) atoms. The summed E-state index contributed by atoms with van der Waals surface area (Å²) in [5.41, 5.74) is 0.279. The lowest BCUT2D eigenvalue weighted by molar-refractivity contribution is 0.205. The first-order valence-corrected chi connectivity index (χ1v) is 9.29. The van der Waals surface area contributed by atoms with Gasteiger partial charge < -0.3 is 5.32 Å². The Labute approximate surface area is 127 Å². The standard InChI is InChI=1S/C19H37N/c1-19(2,3)20-15-18-13-9-5-8-12-17(18)14-16-10-6-4-7-11-16/h16-18,20H,4-15H2,1-3H3. The summed E-state index contributed by atoms with van der Waals surface area (Å²) in [6.45, 7) is 8.17. The van der Waals surface area contributed by atoms with Crippen molar-refractivity contribution in [2.24, 2.45) is 17.8 Å². The fourth-order valence-electron chi connectivity index (χ4n) is 4.33. The van der Waals surface area contributed by atoms with Crippen LogP contribution < -0.4 is 5.32 Å². The minimum Gasteiger partial charge on any atom is -0.312 e. The zero-order valence-corrected chi connectivity index (χ0v) is 14.2. The molecule has 0 aromatic heterocycles. The molecule has 2 rings (SSSR count). The maximum absolute atomic E-state index is 3.79. The highest BCUT2D eigenvalue weighted by Crippen LogP contribution is 2.37. The first-order valence-electron chi connectivity index (χ1n) is 9.29. The highest BCUT2D eigenvalue weighted by molar-refractivity contribution is 4.82. The predicted molar refractivity (Wildman–Crippen MR) is 89.0 cm³/mol. The van der Waals surface area contributed by atoms with E-state index in [9.17, 15) is 0 Å². The maximum Gasteiger partial charge on any atom is 0.00966 e. The van der Waals surface area contributed by atoms with Gasteiger partial charge in [-0.1, -0.05) is 57.8 Å². The van der Waals surface area contributed by atoms with E-state index in [1.807, 2.05) is 0 Å². The van der Waals surface area contributed by atoms with Gasteiger partial charge in [0.15, 0.2) is 0 Å². The van der Waals surface area contributed by atoms with E-state index in [1.54, 1.807) is 0 Å². The highest BCUT2D eigenvalue weighted by Gasteiger charge is 2.27. The summed E-state index contributed by atoms with van der Waals surface area (Å²) in [5.74, 6) is 3.01. The van der Waals surface area contributed by atoms with Crippen LogP contribution in [-0.2, 0) is 0 Å². The van der Waals surface area contributed by atoms with Crippen LogP contribution in [0.3, 0.4) is 0 Å². The third kappa shape index (κ3) is 5.76. The van der Waals surface area contributed by atoms with Crippen molar-refractivity contribution in [3.05, 3.63) is 0 Å². The molecule has 0 aliphatic heterocycles. The van der Waals surface area contributed by atoms with Crippen LogP contribution in [0.5, 0.6) is 0 Å². The lowest BCUT2D eigenvalue weighted by Crippen LogP contribution is -2.40. The Balaban J connectivity index is 1.86. The second kappa shape index (κ2) is 7.82. The smallest absolute Gasteiger partial charge is 0.00966 e. The highest BCUT2D eigenvalue weighted by atomic mass is 14.9. The van der Waals surface area contributed by atoms with Crippen molar-refractivity contribution in [1.29, 1.82) is 0 Å². The molecule has 0 aromatic carbocycles. The predicted octanol–water partition coefficient (Wildman–Crippen LogP) is 5.54. The molecule has 118 valence electrons. The van der Waals surface area contributed by atoms with E-state index in [0.717, 1.165) is 17.8 Å². The van der Waals surface area contributed by atoms with Crippen molar-refractivity contribution in [1.82, 2.24) is 5.32 Å². The third-order valence-electron chi connectivity index (χ3n) is 5.57. The average Bonchev–Trinajstić information content (AvgIpc) is 2.62. The second-order valence-electron chi connectivity index (χ2n) is 8.53. The van der Waals surface area contributed by atoms with Crippen molar-refractivity contribution in [2.45, 2.75) is 96.9 Å². The van der Waals surface area contributed by atoms with Crippen molar-refractivity contribution >= 4 is 0 Å². The van der Waals surface area contributed by atoms with Gasteiger partial charge in [0.25, 0.3) is 0 Å². The third-order valence-corrected chi connectivity index (χ3v) is 5.57. The van der Waals surface area contributed by atoms with Gasteiger partial charge >= 0.3 is 0 Å². The maximum atomic E-state index is 3.79. The molecule has 2 aliphatic carbocycles. The summed E-state index contributed by atoms with van der Waals surface area (Å²) in [6.07, 6.45) is 16.5. The molecule has 0 heterocycles. The van der Waals surface area contributed by atoms with E-state index < -0.39 is 0 Å². The van der Waals surface area contributed by atoms with E-state index in [4.69, 9.17) is 0 Å². The normalized spacial score (nSPS) is 30.1. The van der Waals surface area contributed by atoms with Crippen LogP contribution in [0.2, 0.25) is 0 Å². The molecule has 2 unspecified atom stereocenters. The van der Waals surface area contributed by atoms with Crippen LogP contribution in [0.25, 0.3) is 0 Å². The monoisotopic (exact) mass is 279 g/mol. The molecule has 0 bridgehead atoms. The van der Waals surface area contributed by atoms with Crippen molar-refractivity contribution in [3.63, 3.8) is 0 Å². The molecule has 2 aliphatic rings. The molecular formula is C19H37N. The first-order chi connectivity index (χ1) is 9.54. The summed E-state index contributed by atoms with van der Waals surface area (Å²) in [7, 11) is 0. The topological polar surface area (TPSA) is 12.0 Å². The van der Waals surface area contributed by atoms with Crippen LogP contribution >= 0.6 is 0 Å². The molecule has 2 fully saturated rings. The number of rotatable bonds is 4. The van der Waals surface area contributed by atoms with Crippen LogP contribution in [0.15, 0.2) is 0 Å². The lowest BCUT2D eigenvalue weighted by Gasteiger charge is -2.33. The molecule has 0 saturated heterocycles. The van der Waals surface area contributed by atoms with E-state index in [0.29, 0.717) is 0 Å². The van der Waals surface area contributed by atoms with Crippen molar-refractivity contribution in [2.75, 3.05) is 6.54 Å². The minimum absolute atomic E-state index is 0.279. The SMILES string of the molecule is CC(C)(C)NCC1CCCCCC1CC1CCCCC1. The number of nitrogens with one attached hydrogen (secondary N) is 1. The molecular weight excluding hydrogens is 242 g/mol. The molecule has 1 nitrogen and oxygen atoms in total. The van der Waals surface area contributed by atoms with Crippen LogP contribution in [0.4, 0.5) is 0 Å². The molecule has 0 amide bonds. The fraction of sp³-hybridized carbons (Fsp3) is 1.00. The molecule has 2 atom stereocenters. The Morgan fingerprint density at radius 2 is 1.30 bits per heavy atom. The molecule has 0 aromatic rings. The number of hydrogen-bond donors (Lipinski definition) is 1. The Bertz CT molecular complexity index is 259. The van der Waals surface area contributed by atoms with Crippen LogP contribution in [-0.4, -0.2) is 12.1 Å². The lowest BCUT2D eigenvalue weighted by atomic mass is 9.76. The van der Waals surface area contributed by atoms with Gasteiger partial charge in [-0.3, -0.25) is 0 Å². The minimum atomic E-state index is 0.279. The summed E-state index contributed by atoms with van der Waals surface area (Å²) >= 11 is 0. The fourth-order valence-corrected chi connectivity index (χ4v) is 4.33. The van der Waals surface area contributed by atoms with Crippen LogP contribution in [0, 0.1) is 17.8 Å². The van der Waals surface area contributed by atoms with Crippen molar-refractivity contribution in [3.8, 4) is 0 Å². The van der Waals surface area contributed by atoms with Gasteiger partial charge in [0, 0.05) is 5.54 Å². The number of hydrogen-bond acceptors (Lipinski definition) is 1. The molecule has 1 N–H and O–H groups in total. The second-order valence-corrected chi connectivity index (χ2v) is 8.53. The Hall–Kier alpha value is -0.0400. The first kappa shape index (κ1) is 16.3. The van der Waals surface area contributed by atoms with Gasteiger partial charge in [0.1, 0.15) is 0 Å². The van der Waals surface area contributed by atoms with Crippen molar-refractivity contribution < 1.29 is 0 Å². The molecule has 1 heteroatoms. The summed E-state index contributed by atoms with van der Waals surface area (Å²) in [5, 5.41) is 3.79. The largest absolute Gasteiger partial charge is 0.312 e. The van der Waals surface area contributed by atoms with Gasteiger partial charge in [-0.2, -0.15) is 0 Å². The Morgan fingerprint density at radius 1 is 0.750 bits per heavy atom. The van der Waals surface area contributed by atoms with E-state index in [1.165, 1.54) is 77.2 Å². The zero-order valence-electron chi connectivity index (χ0n) is 14.2. The van der Waals surface area contributed by atoms with Gasteiger partial charge in [-0.25, -0.2) is 0 Å². The zero-order chi connectivity index (χ0) is 14.4. The molecule has 0 spiro atoms. The average molecular weight is 280 g/mol. The van der Waals surface area contributed by atoms with Crippen LogP contribution in [0.1, 0.15) is 91.4 Å². The summed E-state index contributed by atoms with van der Waals surface area (Å²) in [6, 6.07) is 0. The van der Waals surface area contributed by atoms with Gasteiger partial charge in [-0.15, -0.1) is 0 Å². The van der Waals surface area contributed by atoms with Gasteiger partial charge in [0.2, 0.25) is 0 Å². The van der Waals surface area contributed by atoms with E-state index in [-0.39, 0.29) is 5.54 Å². The quantitative estimate of drug-likeness (QED) is 0.666. The van der Waals surface area contributed by atoms with E-state index >= 15 is 0 Å².